The minimum Gasteiger partial charge on any atom is -0.500 e. The Morgan fingerprint density at radius 2 is 2.00 bits per heavy atom. The Balaban J connectivity index is 2.37. The summed E-state index contributed by atoms with van der Waals surface area (Å²) in [6, 6.07) is 10.2. The van der Waals surface area contributed by atoms with Crippen LogP contribution in [0, 0.1) is 13.7 Å². The second-order valence-electron chi connectivity index (χ2n) is 4.08. The number of nitro benzene ring substituents is 1. The number of aromatic hydroxyl groups is 1. The van der Waals surface area contributed by atoms with Gasteiger partial charge in [-0.15, -0.1) is 0 Å². The predicted molar refractivity (Wildman–Crippen MR) is 87.7 cm³/mol. The summed E-state index contributed by atoms with van der Waals surface area (Å²) in [5.41, 5.74) is 0.776. The third-order valence-electron chi connectivity index (χ3n) is 2.68. The van der Waals surface area contributed by atoms with Crippen molar-refractivity contribution in [3.8, 4) is 11.5 Å². The summed E-state index contributed by atoms with van der Waals surface area (Å²) < 4.78 is 6.02. The third-order valence-corrected chi connectivity index (χ3v) is 3.40. The number of nitrogens with zero attached hydrogens (tertiary/aromatic N) is 2. The van der Waals surface area contributed by atoms with Crippen molar-refractivity contribution in [1.82, 2.24) is 0 Å². The second-order valence-corrected chi connectivity index (χ2v) is 5.33. The fourth-order valence-corrected chi connectivity index (χ4v) is 2.02. The zero-order valence-corrected chi connectivity index (χ0v) is 13.1. The molecule has 2 rings (SSSR count). The molecule has 0 fully saturated rings. The van der Waals surface area contributed by atoms with Crippen molar-refractivity contribution in [3.05, 3.63) is 55.6 Å². The molecule has 6 nitrogen and oxygen atoms in total. The van der Waals surface area contributed by atoms with E-state index < -0.39 is 16.4 Å². The molecule has 0 radical (unpaired) electrons. The van der Waals surface area contributed by atoms with E-state index in [-0.39, 0.29) is 5.75 Å². The fraction of sp³-hybridized carbons (Fsp3) is 0.0714. The van der Waals surface area contributed by atoms with E-state index in [2.05, 4.69) is 27.6 Å². The van der Waals surface area contributed by atoms with Gasteiger partial charge in [-0.1, -0.05) is 0 Å². The number of nitro groups is 1. The normalized spacial score (nSPS) is 10.8. The van der Waals surface area contributed by atoms with E-state index in [1.54, 1.807) is 0 Å². The van der Waals surface area contributed by atoms with Crippen LogP contribution in [0.1, 0.15) is 5.56 Å². The molecule has 0 amide bonds. The van der Waals surface area contributed by atoms with Gasteiger partial charge >= 0.3 is 5.69 Å². The number of halogens is 1. The van der Waals surface area contributed by atoms with E-state index in [0.29, 0.717) is 5.56 Å². The molecule has 7 heteroatoms. The van der Waals surface area contributed by atoms with Gasteiger partial charge in [-0.2, -0.15) is 0 Å². The summed E-state index contributed by atoms with van der Waals surface area (Å²) in [6.45, 7) is 0. The van der Waals surface area contributed by atoms with E-state index in [1.807, 2.05) is 24.3 Å². The van der Waals surface area contributed by atoms with Gasteiger partial charge in [-0.25, -0.2) is 0 Å². The molecule has 0 unspecified atom stereocenters. The molecule has 0 spiro atoms. The zero-order chi connectivity index (χ0) is 15.4. The molecule has 0 saturated carbocycles. The first-order valence-corrected chi connectivity index (χ1v) is 6.94. The maximum absolute atomic E-state index is 10.9. The Morgan fingerprint density at radius 3 is 2.57 bits per heavy atom. The molecule has 2 aromatic rings. The van der Waals surface area contributed by atoms with Crippen molar-refractivity contribution in [1.29, 1.82) is 0 Å². The minimum atomic E-state index is -0.667. The third kappa shape index (κ3) is 3.69. The molecule has 0 bridgehead atoms. The highest BCUT2D eigenvalue weighted by molar-refractivity contribution is 14.1. The SMILES string of the molecule is COc1cc(C=Nc2ccc(I)cc2)cc([N+](=O)[O-])c1O. The van der Waals surface area contributed by atoms with Crippen molar-refractivity contribution in [2.75, 3.05) is 7.11 Å². The number of ether oxygens (including phenoxy) is 1. The maximum atomic E-state index is 10.9. The predicted octanol–water partition coefficient (Wildman–Crippen LogP) is 3.66. The molecule has 2 aromatic carbocycles. The van der Waals surface area contributed by atoms with Gasteiger partial charge in [0, 0.05) is 21.4 Å². The van der Waals surface area contributed by atoms with Crippen molar-refractivity contribution < 1.29 is 14.8 Å². The smallest absolute Gasteiger partial charge is 0.315 e. The van der Waals surface area contributed by atoms with Crippen LogP contribution in [0.4, 0.5) is 11.4 Å². The maximum Gasteiger partial charge on any atom is 0.315 e. The molecule has 0 atom stereocenters. The van der Waals surface area contributed by atoms with Crippen LogP contribution in [-0.4, -0.2) is 23.4 Å². The monoisotopic (exact) mass is 398 g/mol. The van der Waals surface area contributed by atoms with Gasteiger partial charge in [0.25, 0.3) is 0 Å². The van der Waals surface area contributed by atoms with Gasteiger partial charge in [0.05, 0.1) is 17.7 Å². The molecule has 0 heterocycles. The number of rotatable bonds is 4. The molecule has 0 aliphatic heterocycles. The number of aliphatic imine (C=N–C) groups is 1. The highest BCUT2D eigenvalue weighted by atomic mass is 127. The van der Waals surface area contributed by atoms with Crippen molar-refractivity contribution in [3.63, 3.8) is 0 Å². The quantitative estimate of drug-likeness (QED) is 0.369. The van der Waals surface area contributed by atoms with Crippen molar-refractivity contribution >= 4 is 40.2 Å². The average Bonchev–Trinajstić information content (AvgIpc) is 2.47. The fourth-order valence-electron chi connectivity index (χ4n) is 1.66. The first-order valence-electron chi connectivity index (χ1n) is 5.86. The second kappa shape index (κ2) is 6.53. The summed E-state index contributed by atoms with van der Waals surface area (Å²) in [5.74, 6) is -0.456. The molecule has 0 aromatic heterocycles. The summed E-state index contributed by atoms with van der Waals surface area (Å²) in [6.07, 6.45) is 1.48. The lowest BCUT2D eigenvalue weighted by molar-refractivity contribution is -0.386. The van der Waals surface area contributed by atoms with Crippen LogP contribution in [0.3, 0.4) is 0 Å². The number of hydrogen-bond donors (Lipinski definition) is 1. The molecule has 1 N–H and O–H groups in total. The molecule has 0 saturated heterocycles. The standard InChI is InChI=1S/C14H11IN2O4/c1-21-13-7-9(6-12(14(13)18)17(19)20)8-16-11-4-2-10(15)3-5-11/h2-8,18H,1H3. The van der Waals surface area contributed by atoms with E-state index in [1.165, 1.54) is 25.5 Å². The highest BCUT2D eigenvalue weighted by Gasteiger charge is 2.19. The molecule has 21 heavy (non-hydrogen) atoms. The Morgan fingerprint density at radius 1 is 1.33 bits per heavy atom. The van der Waals surface area contributed by atoms with E-state index >= 15 is 0 Å². The number of hydrogen-bond acceptors (Lipinski definition) is 5. The molecule has 108 valence electrons. The van der Waals surface area contributed by atoms with Crippen LogP contribution < -0.4 is 4.74 Å². The minimum absolute atomic E-state index is 0.0354. The number of phenols is 1. The Labute approximate surface area is 134 Å². The van der Waals surface area contributed by atoms with Crippen LogP contribution in [-0.2, 0) is 0 Å². The summed E-state index contributed by atoms with van der Waals surface area (Å²) in [4.78, 5) is 14.5. The van der Waals surface area contributed by atoms with Gasteiger partial charge < -0.3 is 9.84 Å². The number of methoxy groups -OCH3 is 1. The van der Waals surface area contributed by atoms with Gasteiger partial charge in [-0.3, -0.25) is 15.1 Å². The number of benzene rings is 2. The molecular weight excluding hydrogens is 387 g/mol. The first kappa shape index (κ1) is 15.2. The Bertz CT molecular complexity index is 699. The lowest BCUT2D eigenvalue weighted by Gasteiger charge is -2.05. The lowest BCUT2D eigenvalue weighted by atomic mass is 10.2. The van der Waals surface area contributed by atoms with E-state index in [9.17, 15) is 15.2 Å². The topological polar surface area (TPSA) is 85.0 Å². The van der Waals surface area contributed by atoms with Crippen LogP contribution in [0.2, 0.25) is 0 Å². The number of phenolic OH excluding ortho intramolecular Hbond substituents is 1. The van der Waals surface area contributed by atoms with Crippen LogP contribution in [0.5, 0.6) is 11.5 Å². The zero-order valence-electron chi connectivity index (χ0n) is 11.0. The Hall–Kier alpha value is -2.16. The van der Waals surface area contributed by atoms with E-state index in [0.717, 1.165) is 9.26 Å². The largest absolute Gasteiger partial charge is 0.500 e. The van der Waals surface area contributed by atoms with Gasteiger partial charge in [0.1, 0.15) is 0 Å². The lowest BCUT2D eigenvalue weighted by Crippen LogP contribution is -1.94. The summed E-state index contributed by atoms with van der Waals surface area (Å²) >= 11 is 2.19. The Kier molecular flexibility index (Phi) is 4.73. The van der Waals surface area contributed by atoms with Crippen LogP contribution in [0.25, 0.3) is 0 Å². The van der Waals surface area contributed by atoms with Crippen LogP contribution in [0.15, 0.2) is 41.4 Å². The molecule has 0 aliphatic rings. The van der Waals surface area contributed by atoms with Gasteiger partial charge in [0.15, 0.2) is 5.75 Å². The summed E-state index contributed by atoms with van der Waals surface area (Å²) in [5, 5.41) is 20.6. The molecule has 0 aliphatic carbocycles. The molecular formula is C14H11IN2O4. The van der Waals surface area contributed by atoms with Crippen molar-refractivity contribution in [2.24, 2.45) is 4.99 Å². The van der Waals surface area contributed by atoms with Crippen molar-refractivity contribution in [2.45, 2.75) is 0 Å². The van der Waals surface area contributed by atoms with Gasteiger partial charge in [-0.05, 0) is 52.9 Å². The highest BCUT2D eigenvalue weighted by Crippen LogP contribution is 2.36. The van der Waals surface area contributed by atoms with Gasteiger partial charge in [0.2, 0.25) is 5.75 Å². The first-order chi connectivity index (χ1) is 10.0. The van der Waals surface area contributed by atoms with E-state index in [4.69, 9.17) is 4.74 Å². The van der Waals surface area contributed by atoms with Crippen LogP contribution >= 0.6 is 22.6 Å². The average molecular weight is 398 g/mol. The summed E-state index contributed by atoms with van der Waals surface area (Å²) in [7, 11) is 1.33.